The minimum Gasteiger partial charge on any atom is -0.292 e. The fraction of sp³-hybridized carbons (Fsp3) is 0.667. The lowest BCUT2D eigenvalue weighted by Crippen LogP contribution is -2.33. The van der Waals surface area contributed by atoms with Crippen LogP contribution in [0.3, 0.4) is 0 Å². The molecule has 1 aliphatic carbocycles. The first kappa shape index (κ1) is 15.1. The second kappa shape index (κ2) is 6.47. The van der Waals surface area contributed by atoms with E-state index in [4.69, 9.17) is 5.84 Å². The van der Waals surface area contributed by atoms with E-state index in [1.807, 2.05) is 0 Å². The quantitative estimate of drug-likeness (QED) is 0.549. The van der Waals surface area contributed by atoms with E-state index in [-0.39, 0.29) is 10.8 Å². The maximum absolute atomic E-state index is 12.1. The summed E-state index contributed by atoms with van der Waals surface area (Å²) in [5, 5.41) is 0. The molecule has 0 bridgehead atoms. The molecule has 0 amide bonds. The van der Waals surface area contributed by atoms with Crippen LogP contribution in [-0.4, -0.2) is 24.9 Å². The first-order chi connectivity index (χ1) is 9.53. The largest absolute Gasteiger partial charge is 0.292 e. The number of hydrogen-bond acceptors (Lipinski definition) is 6. The van der Waals surface area contributed by atoms with Crippen molar-refractivity contribution in [3.05, 3.63) is 12.4 Å². The summed E-state index contributed by atoms with van der Waals surface area (Å²) in [6.07, 6.45) is 7.16. The molecule has 2 unspecified atom stereocenters. The molecule has 0 aliphatic heterocycles. The Bertz CT molecular complexity index is 531. The zero-order chi connectivity index (χ0) is 14.6. The van der Waals surface area contributed by atoms with Gasteiger partial charge in [0.1, 0.15) is 4.90 Å². The van der Waals surface area contributed by atoms with Gasteiger partial charge in [0.05, 0.1) is 12.4 Å². The molecule has 0 spiro atoms. The van der Waals surface area contributed by atoms with Crippen molar-refractivity contribution in [1.82, 2.24) is 14.7 Å². The third-order valence-electron chi connectivity index (χ3n) is 3.89. The molecule has 1 aromatic heterocycles. The molecule has 0 saturated heterocycles. The lowest BCUT2D eigenvalue weighted by Gasteiger charge is -2.28. The Morgan fingerprint density at radius 2 is 1.95 bits per heavy atom. The SMILES string of the molecule is CC1CCCCC1CNS(=O)(=O)c1cnc(NN)nc1. The van der Waals surface area contributed by atoms with E-state index >= 15 is 0 Å². The van der Waals surface area contributed by atoms with Crippen molar-refractivity contribution in [1.29, 1.82) is 0 Å². The Morgan fingerprint density at radius 1 is 1.30 bits per heavy atom. The van der Waals surface area contributed by atoms with Crippen LogP contribution < -0.4 is 16.0 Å². The summed E-state index contributed by atoms with van der Waals surface area (Å²) in [6, 6.07) is 0. The van der Waals surface area contributed by atoms with Crippen LogP contribution in [0.5, 0.6) is 0 Å². The number of hydrogen-bond donors (Lipinski definition) is 3. The summed E-state index contributed by atoms with van der Waals surface area (Å²) in [4.78, 5) is 7.67. The minimum absolute atomic E-state index is 0.0555. The van der Waals surface area contributed by atoms with E-state index in [0.29, 0.717) is 18.4 Å². The van der Waals surface area contributed by atoms with E-state index in [1.165, 1.54) is 31.7 Å². The average molecular weight is 299 g/mol. The van der Waals surface area contributed by atoms with E-state index in [9.17, 15) is 8.42 Å². The molecule has 7 nitrogen and oxygen atoms in total. The monoisotopic (exact) mass is 299 g/mol. The number of hydrazine groups is 1. The van der Waals surface area contributed by atoms with Gasteiger partial charge in [-0.25, -0.2) is 29.0 Å². The molecule has 4 N–H and O–H groups in total. The maximum Gasteiger partial charge on any atom is 0.243 e. The molecule has 112 valence electrons. The van der Waals surface area contributed by atoms with E-state index < -0.39 is 10.0 Å². The van der Waals surface area contributed by atoms with Crippen molar-refractivity contribution in [3.63, 3.8) is 0 Å². The first-order valence-corrected chi connectivity index (χ1v) is 8.29. The van der Waals surface area contributed by atoms with Gasteiger partial charge in [-0.15, -0.1) is 0 Å². The summed E-state index contributed by atoms with van der Waals surface area (Å²) in [6.45, 7) is 2.66. The number of nitrogens with two attached hydrogens (primary N) is 1. The van der Waals surface area contributed by atoms with Gasteiger partial charge in [-0.2, -0.15) is 0 Å². The van der Waals surface area contributed by atoms with Crippen LogP contribution in [0.25, 0.3) is 0 Å². The molecular weight excluding hydrogens is 278 g/mol. The Morgan fingerprint density at radius 3 is 2.55 bits per heavy atom. The first-order valence-electron chi connectivity index (χ1n) is 6.81. The average Bonchev–Trinajstić information content (AvgIpc) is 2.46. The van der Waals surface area contributed by atoms with Gasteiger partial charge < -0.3 is 0 Å². The van der Waals surface area contributed by atoms with Crippen LogP contribution in [0.1, 0.15) is 32.6 Å². The Labute approximate surface area is 119 Å². The van der Waals surface area contributed by atoms with Crippen molar-refractivity contribution in [2.75, 3.05) is 12.0 Å². The number of nitrogens with one attached hydrogen (secondary N) is 2. The van der Waals surface area contributed by atoms with E-state index in [1.54, 1.807) is 0 Å². The molecule has 2 rings (SSSR count). The summed E-state index contributed by atoms with van der Waals surface area (Å²) < 4.78 is 26.9. The highest BCUT2D eigenvalue weighted by Crippen LogP contribution is 2.29. The smallest absolute Gasteiger partial charge is 0.243 e. The molecule has 20 heavy (non-hydrogen) atoms. The van der Waals surface area contributed by atoms with Gasteiger partial charge in [0.25, 0.3) is 0 Å². The standard InChI is InChI=1S/C12H21N5O2S/c1-9-4-2-3-5-10(9)6-16-20(18,19)11-7-14-12(17-13)15-8-11/h7-10,16H,2-6,13H2,1H3,(H,14,15,17). The Kier molecular flexibility index (Phi) is 4.90. The van der Waals surface area contributed by atoms with Gasteiger partial charge in [0.2, 0.25) is 16.0 Å². The zero-order valence-electron chi connectivity index (χ0n) is 11.5. The molecule has 1 saturated carbocycles. The van der Waals surface area contributed by atoms with Crippen molar-refractivity contribution in [2.45, 2.75) is 37.5 Å². The number of aromatic nitrogens is 2. The maximum atomic E-state index is 12.1. The van der Waals surface area contributed by atoms with Crippen LogP contribution >= 0.6 is 0 Å². The van der Waals surface area contributed by atoms with Gasteiger partial charge in [0.15, 0.2) is 0 Å². The Balaban J connectivity index is 1.99. The third-order valence-corrected chi connectivity index (χ3v) is 5.27. The van der Waals surface area contributed by atoms with E-state index in [0.717, 1.165) is 6.42 Å². The minimum atomic E-state index is -3.55. The molecule has 1 fully saturated rings. The Hall–Kier alpha value is -1.25. The topological polar surface area (TPSA) is 110 Å². The second-order valence-corrected chi connectivity index (χ2v) is 7.03. The molecule has 8 heteroatoms. The highest BCUT2D eigenvalue weighted by molar-refractivity contribution is 7.89. The fourth-order valence-corrected chi connectivity index (χ4v) is 3.51. The summed E-state index contributed by atoms with van der Waals surface area (Å²) in [7, 11) is -3.55. The number of anilines is 1. The van der Waals surface area contributed by atoms with Crippen LogP contribution in [-0.2, 0) is 10.0 Å². The van der Waals surface area contributed by atoms with Crippen molar-refractivity contribution in [2.24, 2.45) is 17.7 Å². The number of nitrogens with zero attached hydrogens (tertiary/aromatic N) is 2. The number of sulfonamides is 1. The lowest BCUT2D eigenvalue weighted by molar-refractivity contribution is 0.257. The van der Waals surface area contributed by atoms with Crippen molar-refractivity contribution >= 4 is 16.0 Å². The highest BCUT2D eigenvalue weighted by Gasteiger charge is 2.24. The zero-order valence-corrected chi connectivity index (χ0v) is 12.4. The molecule has 1 heterocycles. The lowest BCUT2D eigenvalue weighted by atomic mass is 9.81. The van der Waals surface area contributed by atoms with Gasteiger partial charge >= 0.3 is 0 Å². The molecule has 1 aliphatic rings. The molecular formula is C12H21N5O2S. The molecule has 0 radical (unpaired) electrons. The summed E-state index contributed by atoms with van der Waals surface area (Å²) >= 11 is 0. The number of nitrogen functional groups attached to an aromatic ring is 1. The van der Waals surface area contributed by atoms with Crippen LogP contribution in [0.4, 0.5) is 5.95 Å². The fourth-order valence-electron chi connectivity index (χ4n) is 2.53. The van der Waals surface area contributed by atoms with Crippen LogP contribution in [0.15, 0.2) is 17.3 Å². The normalized spacial score (nSPS) is 23.5. The second-order valence-electron chi connectivity index (χ2n) is 5.26. The molecule has 2 atom stereocenters. The van der Waals surface area contributed by atoms with Gasteiger partial charge in [-0.05, 0) is 18.3 Å². The predicted octanol–water partition coefficient (Wildman–Crippen LogP) is 0.867. The van der Waals surface area contributed by atoms with E-state index in [2.05, 4.69) is 27.0 Å². The third kappa shape index (κ3) is 3.65. The van der Waals surface area contributed by atoms with Crippen molar-refractivity contribution < 1.29 is 8.42 Å². The highest BCUT2D eigenvalue weighted by atomic mass is 32.2. The summed E-state index contributed by atoms with van der Waals surface area (Å²) in [5.74, 6) is 6.29. The van der Waals surface area contributed by atoms with Gasteiger partial charge in [-0.1, -0.05) is 26.2 Å². The molecule has 0 aromatic carbocycles. The van der Waals surface area contributed by atoms with Crippen LogP contribution in [0.2, 0.25) is 0 Å². The predicted molar refractivity (Wildman–Crippen MR) is 76.2 cm³/mol. The van der Waals surface area contributed by atoms with Crippen LogP contribution in [0, 0.1) is 11.8 Å². The van der Waals surface area contributed by atoms with Crippen molar-refractivity contribution in [3.8, 4) is 0 Å². The summed E-state index contributed by atoms with van der Waals surface area (Å²) in [5.41, 5.74) is 2.26. The van der Waals surface area contributed by atoms with Gasteiger partial charge in [0, 0.05) is 6.54 Å². The number of rotatable bonds is 5. The van der Waals surface area contributed by atoms with Gasteiger partial charge in [-0.3, -0.25) is 5.43 Å². The molecule has 1 aromatic rings.